The number of aryl methyl sites for hydroxylation is 1. The second kappa shape index (κ2) is 5.65. The second-order valence-corrected chi connectivity index (χ2v) is 4.27. The lowest BCUT2D eigenvalue weighted by atomic mass is 10.1. The van der Waals surface area contributed by atoms with E-state index in [4.69, 9.17) is 10.5 Å². The monoisotopic (exact) mass is 242 g/mol. The molecule has 1 heterocycles. The molecule has 18 heavy (non-hydrogen) atoms. The van der Waals surface area contributed by atoms with E-state index >= 15 is 0 Å². The maximum absolute atomic E-state index is 5.83. The fourth-order valence-corrected chi connectivity index (χ4v) is 1.74. The third-order valence-corrected chi connectivity index (χ3v) is 2.81. The highest BCUT2D eigenvalue weighted by molar-refractivity contribution is 5.37. The summed E-state index contributed by atoms with van der Waals surface area (Å²) in [6, 6.07) is 11.8. The number of aromatic nitrogens is 1. The van der Waals surface area contributed by atoms with Crippen LogP contribution in [0.1, 0.15) is 31.1 Å². The summed E-state index contributed by atoms with van der Waals surface area (Å²) in [6.07, 6.45) is 2.66. The van der Waals surface area contributed by atoms with E-state index in [0.29, 0.717) is 0 Å². The topological polar surface area (TPSA) is 48.1 Å². The summed E-state index contributed by atoms with van der Waals surface area (Å²) in [5.41, 5.74) is 7.81. The highest BCUT2D eigenvalue weighted by atomic mass is 16.5. The van der Waals surface area contributed by atoms with Crippen molar-refractivity contribution in [3.8, 4) is 11.5 Å². The van der Waals surface area contributed by atoms with Crippen molar-refractivity contribution in [1.82, 2.24) is 4.98 Å². The summed E-state index contributed by atoms with van der Waals surface area (Å²) in [7, 11) is 0. The van der Waals surface area contributed by atoms with E-state index < -0.39 is 0 Å². The molecular weight excluding hydrogens is 224 g/mol. The van der Waals surface area contributed by atoms with Crippen LogP contribution in [0.5, 0.6) is 11.5 Å². The van der Waals surface area contributed by atoms with Gasteiger partial charge in [0.25, 0.3) is 0 Å². The number of nitrogens with two attached hydrogens (primary N) is 1. The van der Waals surface area contributed by atoms with Gasteiger partial charge in [-0.05, 0) is 37.1 Å². The predicted molar refractivity (Wildman–Crippen MR) is 72.7 cm³/mol. The van der Waals surface area contributed by atoms with E-state index in [9.17, 15) is 0 Å². The molecule has 3 nitrogen and oxygen atoms in total. The van der Waals surface area contributed by atoms with Gasteiger partial charge < -0.3 is 10.5 Å². The molecular formula is C15H18N2O. The Kier molecular flexibility index (Phi) is 3.95. The number of ether oxygens (including phenoxy) is 1. The average molecular weight is 242 g/mol. The van der Waals surface area contributed by atoms with E-state index in [1.54, 1.807) is 6.20 Å². The van der Waals surface area contributed by atoms with Crippen LogP contribution in [0.2, 0.25) is 0 Å². The van der Waals surface area contributed by atoms with E-state index in [1.807, 2.05) is 37.3 Å². The van der Waals surface area contributed by atoms with Crippen LogP contribution in [-0.4, -0.2) is 4.98 Å². The maximum atomic E-state index is 5.83. The number of pyridine rings is 1. The van der Waals surface area contributed by atoms with Crippen molar-refractivity contribution in [2.24, 2.45) is 5.73 Å². The summed E-state index contributed by atoms with van der Waals surface area (Å²) in [6.45, 7) is 4.02. The van der Waals surface area contributed by atoms with Crippen LogP contribution >= 0.6 is 0 Å². The zero-order chi connectivity index (χ0) is 13.0. The zero-order valence-corrected chi connectivity index (χ0v) is 10.8. The van der Waals surface area contributed by atoms with Crippen molar-refractivity contribution in [2.45, 2.75) is 26.3 Å². The number of para-hydroxylation sites is 1. The fraction of sp³-hybridized carbons (Fsp3) is 0.267. The molecule has 1 atom stereocenters. The van der Waals surface area contributed by atoms with Crippen molar-refractivity contribution in [1.29, 1.82) is 0 Å². The Labute approximate surface area is 108 Å². The minimum absolute atomic E-state index is 0.0537. The minimum Gasteiger partial charge on any atom is -0.455 e. The molecule has 94 valence electrons. The number of hydrogen-bond donors (Lipinski definition) is 1. The van der Waals surface area contributed by atoms with Gasteiger partial charge in [0.05, 0.1) is 11.9 Å². The molecule has 0 radical (unpaired) electrons. The van der Waals surface area contributed by atoms with Crippen molar-refractivity contribution in [3.63, 3.8) is 0 Å². The Morgan fingerprint density at radius 2 is 2.00 bits per heavy atom. The van der Waals surface area contributed by atoms with E-state index in [0.717, 1.165) is 23.6 Å². The minimum atomic E-state index is -0.0537. The Hall–Kier alpha value is -1.87. The third-order valence-electron chi connectivity index (χ3n) is 2.81. The van der Waals surface area contributed by atoms with Crippen LogP contribution in [-0.2, 0) is 6.42 Å². The molecule has 0 aliphatic heterocycles. The molecule has 1 aromatic carbocycles. The van der Waals surface area contributed by atoms with Gasteiger partial charge in [0, 0.05) is 6.04 Å². The van der Waals surface area contributed by atoms with Gasteiger partial charge in [0.2, 0.25) is 0 Å². The number of hydrogen-bond acceptors (Lipinski definition) is 3. The van der Waals surface area contributed by atoms with Crippen LogP contribution in [0.3, 0.4) is 0 Å². The van der Waals surface area contributed by atoms with E-state index in [-0.39, 0.29) is 6.04 Å². The predicted octanol–water partition coefficient (Wildman–Crippen LogP) is 3.46. The Morgan fingerprint density at radius 1 is 1.22 bits per heavy atom. The van der Waals surface area contributed by atoms with Gasteiger partial charge in [-0.3, -0.25) is 4.98 Å². The molecule has 2 rings (SSSR count). The normalized spacial score (nSPS) is 12.2. The summed E-state index contributed by atoms with van der Waals surface area (Å²) in [5, 5.41) is 0. The van der Waals surface area contributed by atoms with Gasteiger partial charge in [0.15, 0.2) is 0 Å². The smallest absolute Gasteiger partial charge is 0.145 e. The van der Waals surface area contributed by atoms with Crippen LogP contribution in [0.4, 0.5) is 0 Å². The highest BCUT2D eigenvalue weighted by Crippen LogP contribution is 2.25. The molecule has 0 saturated carbocycles. The third kappa shape index (κ3) is 2.87. The molecule has 0 spiro atoms. The fourth-order valence-electron chi connectivity index (χ4n) is 1.74. The molecule has 0 aliphatic rings. The van der Waals surface area contributed by atoms with Crippen LogP contribution in [0, 0.1) is 0 Å². The first-order chi connectivity index (χ1) is 8.70. The second-order valence-electron chi connectivity index (χ2n) is 4.27. The molecule has 0 fully saturated rings. The number of nitrogens with zero attached hydrogens (tertiary/aromatic N) is 1. The first-order valence-electron chi connectivity index (χ1n) is 6.18. The zero-order valence-electron chi connectivity index (χ0n) is 10.8. The highest BCUT2D eigenvalue weighted by Gasteiger charge is 2.04. The largest absolute Gasteiger partial charge is 0.455 e. The summed E-state index contributed by atoms with van der Waals surface area (Å²) >= 11 is 0. The lowest BCUT2D eigenvalue weighted by Gasteiger charge is -2.10. The van der Waals surface area contributed by atoms with Crippen LogP contribution < -0.4 is 10.5 Å². The molecule has 1 aromatic heterocycles. The summed E-state index contributed by atoms with van der Waals surface area (Å²) in [4.78, 5) is 4.28. The molecule has 0 bridgehead atoms. The van der Waals surface area contributed by atoms with Gasteiger partial charge >= 0.3 is 0 Å². The maximum Gasteiger partial charge on any atom is 0.145 e. The Morgan fingerprint density at radius 3 is 2.61 bits per heavy atom. The molecule has 0 saturated heterocycles. The van der Waals surface area contributed by atoms with Crippen molar-refractivity contribution >= 4 is 0 Å². The van der Waals surface area contributed by atoms with Crippen LogP contribution in [0.25, 0.3) is 0 Å². The first kappa shape index (κ1) is 12.6. The van der Waals surface area contributed by atoms with Gasteiger partial charge in [-0.25, -0.2) is 0 Å². The Balaban J connectivity index is 2.18. The average Bonchev–Trinajstić information content (AvgIpc) is 2.40. The molecule has 2 N–H and O–H groups in total. The molecule has 0 unspecified atom stereocenters. The summed E-state index contributed by atoms with van der Waals surface area (Å²) in [5.74, 6) is 1.62. The van der Waals surface area contributed by atoms with Gasteiger partial charge in [-0.15, -0.1) is 0 Å². The van der Waals surface area contributed by atoms with Gasteiger partial charge in [-0.1, -0.05) is 25.1 Å². The molecule has 0 amide bonds. The molecule has 2 aromatic rings. The van der Waals surface area contributed by atoms with Gasteiger partial charge in [0.1, 0.15) is 11.5 Å². The van der Waals surface area contributed by atoms with Crippen molar-refractivity contribution < 1.29 is 4.74 Å². The SMILES string of the molecule is CCc1ccccc1Oc1ccc([C@@H](C)N)nc1. The van der Waals surface area contributed by atoms with E-state index in [1.165, 1.54) is 5.56 Å². The quantitative estimate of drug-likeness (QED) is 0.893. The lowest BCUT2D eigenvalue weighted by Crippen LogP contribution is -2.06. The summed E-state index contributed by atoms with van der Waals surface area (Å²) < 4.78 is 5.83. The first-order valence-corrected chi connectivity index (χ1v) is 6.18. The number of rotatable bonds is 4. The van der Waals surface area contributed by atoms with Gasteiger partial charge in [-0.2, -0.15) is 0 Å². The van der Waals surface area contributed by atoms with Crippen LogP contribution in [0.15, 0.2) is 42.6 Å². The lowest BCUT2D eigenvalue weighted by molar-refractivity contribution is 0.473. The standard InChI is InChI=1S/C15H18N2O/c1-3-12-6-4-5-7-15(12)18-13-8-9-14(11(2)16)17-10-13/h4-11H,3,16H2,1-2H3/t11-/m1/s1. The molecule has 0 aliphatic carbocycles. The van der Waals surface area contributed by atoms with E-state index in [2.05, 4.69) is 18.0 Å². The van der Waals surface area contributed by atoms with Crippen molar-refractivity contribution in [3.05, 3.63) is 53.9 Å². The van der Waals surface area contributed by atoms with Crippen molar-refractivity contribution in [2.75, 3.05) is 0 Å². The number of benzene rings is 1. The molecule has 3 heteroatoms. The Bertz CT molecular complexity index is 506.